The van der Waals surface area contributed by atoms with Crippen molar-refractivity contribution in [1.29, 1.82) is 0 Å². The molecular weight excluding hydrogens is 284 g/mol. The number of carbonyl (C=O) groups excluding carboxylic acids is 2. The maximum atomic E-state index is 12.5. The minimum absolute atomic E-state index is 0.294. The van der Waals surface area contributed by atoms with Gasteiger partial charge in [-0.25, -0.2) is 9.88 Å². The van der Waals surface area contributed by atoms with Crippen molar-refractivity contribution in [2.45, 2.75) is 6.92 Å². The second kappa shape index (κ2) is 4.23. The largest absolute Gasteiger partial charge is 0.268 e. The average molecular weight is 294 g/mol. The first kappa shape index (κ1) is 12.2. The maximum absolute atomic E-state index is 12.5. The number of hydrogen-bond acceptors (Lipinski definition) is 4. The molecule has 1 aliphatic heterocycles. The number of amides is 2. The van der Waals surface area contributed by atoms with Crippen LogP contribution in [0.1, 0.15) is 26.3 Å². The van der Waals surface area contributed by atoms with Gasteiger partial charge in [0.25, 0.3) is 11.8 Å². The van der Waals surface area contributed by atoms with Crippen LogP contribution in [0.3, 0.4) is 0 Å². The predicted molar refractivity (Wildman–Crippen MR) is 81.9 cm³/mol. The number of nitrogens with zero attached hydrogens (tertiary/aromatic N) is 2. The topological polar surface area (TPSA) is 50.3 Å². The second-order valence-electron chi connectivity index (χ2n) is 4.96. The van der Waals surface area contributed by atoms with Crippen molar-refractivity contribution in [2.24, 2.45) is 0 Å². The molecule has 0 atom stereocenters. The van der Waals surface area contributed by atoms with Crippen LogP contribution in [0.2, 0.25) is 0 Å². The molecule has 102 valence electrons. The summed E-state index contributed by atoms with van der Waals surface area (Å²) >= 11 is 1.35. The number of rotatable bonds is 1. The van der Waals surface area contributed by atoms with Crippen LogP contribution in [0.15, 0.2) is 42.5 Å². The summed E-state index contributed by atoms with van der Waals surface area (Å²) in [5, 5.41) is 0.431. The number of aromatic nitrogens is 1. The highest BCUT2D eigenvalue weighted by molar-refractivity contribution is 7.22. The molecule has 0 unspecified atom stereocenters. The molecule has 1 aliphatic rings. The number of para-hydroxylation sites is 1. The number of hydrogen-bond donors (Lipinski definition) is 0. The molecule has 0 bridgehead atoms. The van der Waals surface area contributed by atoms with Crippen LogP contribution in [-0.4, -0.2) is 16.8 Å². The van der Waals surface area contributed by atoms with Gasteiger partial charge in [0.2, 0.25) is 5.13 Å². The van der Waals surface area contributed by atoms with E-state index in [-0.39, 0.29) is 11.8 Å². The Bertz CT molecular complexity index is 881. The highest BCUT2D eigenvalue weighted by Crippen LogP contribution is 2.34. The third-order valence-corrected chi connectivity index (χ3v) is 4.54. The van der Waals surface area contributed by atoms with Gasteiger partial charge in [0.05, 0.1) is 21.3 Å². The zero-order valence-electron chi connectivity index (χ0n) is 11.2. The van der Waals surface area contributed by atoms with E-state index >= 15 is 0 Å². The molecule has 0 N–H and O–H groups in total. The molecule has 3 aromatic rings. The maximum Gasteiger partial charge on any atom is 0.268 e. The van der Waals surface area contributed by atoms with E-state index in [1.807, 2.05) is 37.3 Å². The lowest BCUT2D eigenvalue weighted by Gasteiger charge is -2.08. The van der Waals surface area contributed by atoms with Crippen LogP contribution in [0, 0.1) is 6.92 Å². The van der Waals surface area contributed by atoms with Gasteiger partial charge >= 0.3 is 0 Å². The van der Waals surface area contributed by atoms with E-state index in [1.54, 1.807) is 12.1 Å². The Balaban J connectivity index is 1.87. The number of benzene rings is 2. The van der Waals surface area contributed by atoms with Gasteiger partial charge in [-0.2, -0.15) is 0 Å². The summed E-state index contributed by atoms with van der Waals surface area (Å²) in [4.78, 5) is 30.6. The molecule has 0 fully saturated rings. The van der Waals surface area contributed by atoms with Crippen LogP contribution < -0.4 is 4.90 Å². The summed E-state index contributed by atoms with van der Waals surface area (Å²) in [6.07, 6.45) is 0. The summed E-state index contributed by atoms with van der Waals surface area (Å²) in [5.41, 5.74) is 2.66. The van der Waals surface area contributed by atoms with Gasteiger partial charge in [-0.05, 0) is 31.2 Å². The lowest BCUT2D eigenvalue weighted by molar-refractivity contribution is 0.0926. The molecule has 0 saturated carbocycles. The number of imide groups is 1. The molecule has 4 nitrogen and oxygen atoms in total. The lowest BCUT2D eigenvalue weighted by Crippen LogP contribution is -2.29. The monoisotopic (exact) mass is 294 g/mol. The van der Waals surface area contributed by atoms with Crippen molar-refractivity contribution in [3.8, 4) is 0 Å². The van der Waals surface area contributed by atoms with Crippen molar-refractivity contribution in [1.82, 2.24) is 4.98 Å². The molecule has 21 heavy (non-hydrogen) atoms. The molecule has 0 radical (unpaired) electrons. The fourth-order valence-electron chi connectivity index (χ4n) is 2.48. The molecule has 5 heteroatoms. The van der Waals surface area contributed by atoms with Gasteiger partial charge in [-0.15, -0.1) is 0 Å². The third-order valence-electron chi connectivity index (χ3n) is 3.52. The van der Waals surface area contributed by atoms with Crippen molar-refractivity contribution < 1.29 is 9.59 Å². The summed E-state index contributed by atoms with van der Waals surface area (Å²) in [7, 11) is 0. The lowest BCUT2D eigenvalue weighted by atomic mass is 10.1. The van der Waals surface area contributed by atoms with Gasteiger partial charge in [0, 0.05) is 0 Å². The van der Waals surface area contributed by atoms with E-state index in [2.05, 4.69) is 4.98 Å². The Hall–Kier alpha value is -2.53. The summed E-state index contributed by atoms with van der Waals surface area (Å²) in [6, 6.07) is 12.9. The number of aryl methyl sites for hydroxylation is 1. The highest BCUT2D eigenvalue weighted by Gasteiger charge is 2.38. The first-order chi connectivity index (χ1) is 10.1. The van der Waals surface area contributed by atoms with E-state index in [0.29, 0.717) is 16.3 Å². The summed E-state index contributed by atoms with van der Waals surface area (Å²) in [5.74, 6) is -0.591. The molecular formula is C16H10N2O2S. The highest BCUT2D eigenvalue weighted by atomic mass is 32.1. The van der Waals surface area contributed by atoms with Gasteiger partial charge in [0.1, 0.15) is 0 Å². The third kappa shape index (κ3) is 1.71. The molecule has 0 spiro atoms. The number of fused-ring (bicyclic) bond motifs is 2. The standard InChI is InChI=1S/C16H10N2O2S/c1-9-6-7-10-11(8-9)15(20)18(14(10)19)16-17-12-4-2-3-5-13(12)21-16/h2-8H,1H3. The molecule has 0 aliphatic carbocycles. The Morgan fingerprint density at radius 2 is 1.76 bits per heavy atom. The summed E-state index contributed by atoms with van der Waals surface area (Å²) < 4.78 is 0.959. The van der Waals surface area contributed by atoms with E-state index in [1.165, 1.54) is 16.2 Å². The van der Waals surface area contributed by atoms with Crippen LogP contribution in [-0.2, 0) is 0 Å². The molecule has 4 rings (SSSR count). The molecule has 2 heterocycles. The SMILES string of the molecule is Cc1ccc2c(c1)C(=O)N(c1nc3ccccc3s1)C2=O. The minimum atomic E-state index is -0.297. The van der Waals surface area contributed by atoms with Gasteiger partial charge in [0.15, 0.2) is 0 Å². The quantitative estimate of drug-likeness (QED) is 0.646. The number of thiazole rings is 1. The van der Waals surface area contributed by atoms with Crippen molar-refractivity contribution >= 4 is 38.5 Å². The Morgan fingerprint density at radius 3 is 2.57 bits per heavy atom. The second-order valence-corrected chi connectivity index (χ2v) is 5.97. The predicted octanol–water partition coefficient (Wildman–Crippen LogP) is 3.41. The first-order valence-electron chi connectivity index (χ1n) is 6.50. The van der Waals surface area contributed by atoms with Gasteiger partial charge < -0.3 is 0 Å². The van der Waals surface area contributed by atoms with Gasteiger partial charge in [-0.3, -0.25) is 9.59 Å². The number of anilines is 1. The Labute approximate surface area is 124 Å². The van der Waals surface area contributed by atoms with Crippen molar-refractivity contribution in [3.63, 3.8) is 0 Å². The zero-order valence-corrected chi connectivity index (χ0v) is 12.0. The molecule has 0 saturated heterocycles. The van der Waals surface area contributed by atoms with Crippen LogP contribution in [0.25, 0.3) is 10.2 Å². The van der Waals surface area contributed by atoms with E-state index in [0.717, 1.165) is 15.8 Å². The van der Waals surface area contributed by atoms with Crippen molar-refractivity contribution in [3.05, 3.63) is 59.2 Å². The van der Waals surface area contributed by atoms with E-state index in [4.69, 9.17) is 0 Å². The molecule has 1 aromatic heterocycles. The van der Waals surface area contributed by atoms with Crippen LogP contribution in [0.5, 0.6) is 0 Å². The minimum Gasteiger partial charge on any atom is -0.268 e. The Kier molecular flexibility index (Phi) is 2.46. The van der Waals surface area contributed by atoms with E-state index in [9.17, 15) is 9.59 Å². The van der Waals surface area contributed by atoms with Crippen LogP contribution in [0.4, 0.5) is 5.13 Å². The molecule has 2 amide bonds. The zero-order chi connectivity index (χ0) is 14.6. The fourth-order valence-corrected chi connectivity index (χ4v) is 3.45. The van der Waals surface area contributed by atoms with Crippen molar-refractivity contribution in [2.75, 3.05) is 4.90 Å². The first-order valence-corrected chi connectivity index (χ1v) is 7.32. The Morgan fingerprint density at radius 1 is 1.00 bits per heavy atom. The molecule has 2 aromatic carbocycles. The summed E-state index contributed by atoms with van der Waals surface area (Å²) in [6.45, 7) is 1.90. The smallest absolute Gasteiger partial charge is 0.268 e. The normalized spacial score (nSPS) is 14.0. The fraction of sp³-hybridized carbons (Fsp3) is 0.0625. The van der Waals surface area contributed by atoms with E-state index < -0.39 is 0 Å². The number of carbonyl (C=O) groups is 2. The van der Waals surface area contributed by atoms with Crippen LogP contribution >= 0.6 is 11.3 Å². The van der Waals surface area contributed by atoms with Gasteiger partial charge in [-0.1, -0.05) is 35.1 Å². The average Bonchev–Trinajstić information content (AvgIpc) is 2.99.